The van der Waals surface area contributed by atoms with Crippen molar-refractivity contribution in [2.45, 2.75) is 13.8 Å². The van der Waals surface area contributed by atoms with Crippen LogP contribution < -0.4 is 5.73 Å². The van der Waals surface area contributed by atoms with E-state index in [1.54, 1.807) is 0 Å². The molecule has 0 radical (unpaired) electrons. The first-order valence-electron chi connectivity index (χ1n) is 3.31. The maximum atomic E-state index is 11.1. The van der Waals surface area contributed by atoms with E-state index in [9.17, 15) is 4.79 Å². The van der Waals surface area contributed by atoms with E-state index in [0.717, 1.165) is 5.57 Å². The molecule has 1 aliphatic carbocycles. The minimum absolute atomic E-state index is 0.0382. The highest BCUT2D eigenvalue weighted by Gasteiger charge is 2.17. The van der Waals surface area contributed by atoms with Crippen molar-refractivity contribution in [1.82, 2.24) is 0 Å². The summed E-state index contributed by atoms with van der Waals surface area (Å²) in [5.41, 5.74) is 6.78. The molecule has 2 N–H and O–H groups in total. The van der Waals surface area contributed by atoms with Gasteiger partial charge in [-0.2, -0.15) is 0 Å². The fraction of sp³-hybridized carbons (Fsp3) is 0.375. The molecule has 0 bridgehead atoms. The van der Waals surface area contributed by atoms with Gasteiger partial charge in [0.2, 0.25) is 0 Å². The largest absolute Gasteiger partial charge is 0.396 e. The van der Waals surface area contributed by atoms with E-state index in [0.29, 0.717) is 5.70 Å². The third-order valence-corrected chi connectivity index (χ3v) is 1.74. The number of hydrogen-bond donors (Lipinski definition) is 1. The van der Waals surface area contributed by atoms with Crippen LogP contribution in [0.1, 0.15) is 13.8 Å². The Morgan fingerprint density at radius 2 is 2.20 bits per heavy atom. The summed E-state index contributed by atoms with van der Waals surface area (Å²) in [6, 6.07) is 0. The topological polar surface area (TPSA) is 43.1 Å². The Morgan fingerprint density at radius 1 is 1.60 bits per heavy atom. The van der Waals surface area contributed by atoms with Gasteiger partial charge in [-0.05, 0) is 12.5 Å². The average molecular weight is 137 g/mol. The molecular formula is C8H11NO. The van der Waals surface area contributed by atoms with Crippen LogP contribution in [0.5, 0.6) is 0 Å². The zero-order valence-electron chi connectivity index (χ0n) is 6.22. The maximum absolute atomic E-state index is 11.1. The smallest absolute Gasteiger partial charge is 0.185 e. The third kappa shape index (κ3) is 0.967. The van der Waals surface area contributed by atoms with Gasteiger partial charge < -0.3 is 5.73 Å². The average Bonchev–Trinajstić information content (AvgIpc) is 1.93. The van der Waals surface area contributed by atoms with Gasteiger partial charge in [0.1, 0.15) is 0 Å². The Morgan fingerprint density at radius 3 is 2.70 bits per heavy atom. The summed E-state index contributed by atoms with van der Waals surface area (Å²) in [7, 11) is 0. The van der Waals surface area contributed by atoms with E-state index in [1.165, 1.54) is 0 Å². The lowest BCUT2D eigenvalue weighted by Gasteiger charge is -2.12. The summed E-state index contributed by atoms with van der Waals surface area (Å²) in [6.07, 6.45) is 3.76. The van der Waals surface area contributed by atoms with E-state index in [2.05, 4.69) is 0 Å². The highest BCUT2D eigenvalue weighted by Crippen LogP contribution is 2.15. The normalized spacial score (nSPS) is 25.8. The molecule has 10 heavy (non-hydrogen) atoms. The molecule has 0 aromatic carbocycles. The second-order valence-electron chi connectivity index (χ2n) is 2.61. The maximum Gasteiger partial charge on any atom is 0.185 e. The fourth-order valence-corrected chi connectivity index (χ4v) is 0.905. The number of carbonyl (C=O) groups excluding carboxylic acids is 1. The first-order valence-corrected chi connectivity index (χ1v) is 3.31. The van der Waals surface area contributed by atoms with Crippen LogP contribution in [-0.2, 0) is 4.79 Å². The van der Waals surface area contributed by atoms with Crippen molar-refractivity contribution in [3.63, 3.8) is 0 Å². The summed E-state index contributed by atoms with van der Waals surface area (Å²) >= 11 is 0. The summed E-state index contributed by atoms with van der Waals surface area (Å²) in [4.78, 5) is 11.1. The molecule has 1 rings (SSSR count). The molecule has 1 atom stereocenters. The second-order valence-corrected chi connectivity index (χ2v) is 2.61. The lowest BCUT2D eigenvalue weighted by molar-refractivity contribution is -0.117. The van der Waals surface area contributed by atoms with Gasteiger partial charge in [0.05, 0.1) is 5.70 Å². The first kappa shape index (κ1) is 7.06. The van der Waals surface area contributed by atoms with E-state index in [4.69, 9.17) is 5.73 Å². The summed E-state index contributed by atoms with van der Waals surface area (Å²) < 4.78 is 0. The lowest BCUT2D eigenvalue weighted by atomic mass is 9.95. The zero-order chi connectivity index (χ0) is 7.72. The van der Waals surface area contributed by atoms with Crippen LogP contribution in [0.3, 0.4) is 0 Å². The molecule has 0 fully saturated rings. The quantitative estimate of drug-likeness (QED) is 0.541. The summed E-state index contributed by atoms with van der Waals surface area (Å²) in [5.74, 6) is 0.00343. The SMILES string of the molecule is CC1=C(N)C(=O)C(C)C=C1. The number of Topliss-reactive ketones (excluding diaryl/α,β-unsaturated/α-hetero) is 1. The number of carbonyl (C=O) groups is 1. The van der Waals surface area contributed by atoms with E-state index in [-0.39, 0.29) is 11.7 Å². The Balaban J connectivity index is 3.00. The molecule has 2 heteroatoms. The Kier molecular flexibility index (Phi) is 1.62. The number of nitrogens with two attached hydrogens (primary N) is 1. The standard InChI is InChI=1S/C8H11NO/c1-5-3-4-6(2)8(10)7(5)9/h3-4,6H,9H2,1-2H3. The third-order valence-electron chi connectivity index (χ3n) is 1.74. The van der Waals surface area contributed by atoms with Gasteiger partial charge in [0, 0.05) is 5.92 Å². The van der Waals surface area contributed by atoms with Crippen LogP contribution >= 0.6 is 0 Å². The Bertz CT molecular complexity index is 225. The van der Waals surface area contributed by atoms with Crippen molar-refractivity contribution in [3.8, 4) is 0 Å². The number of hydrogen-bond acceptors (Lipinski definition) is 2. The van der Waals surface area contributed by atoms with Gasteiger partial charge in [0.25, 0.3) is 0 Å². The monoisotopic (exact) mass is 137 g/mol. The molecule has 0 saturated carbocycles. The molecule has 0 spiro atoms. The zero-order valence-corrected chi connectivity index (χ0v) is 6.22. The van der Waals surface area contributed by atoms with Crippen LogP contribution in [0.2, 0.25) is 0 Å². The van der Waals surface area contributed by atoms with Crippen molar-refractivity contribution in [1.29, 1.82) is 0 Å². The first-order chi connectivity index (χ1) is 4.63. The van der Waals surface area contributed by atoms with Gasteiger partial charge in [0.15, 0.2) is 5.78 Å². The van der Waals surface area contributed by atoms with Crippen molar-refractivity contribution in [2.75, 3.05) is 0 Å². The van der Waals surface area contributed by atoms with Gasteiger partial charge in [-0.25, -0.2) is 0 Å². The van der Waals surface area contributed by atoms with Crippen molar-refractivity contribution in [3.05, 3.63) is 23.4 Å². The van der Waals surface area contributed by atoms with Crippen LogP contribution in [0.25, 0.3) is 0 Å². The Hall–Kier alpha value is -1.05. The van der Waals surface area contributed by atoms with Crippen molar-refractivity contribution < 1.29 is 4.79 Å². The molecule has 0 aliphatic heterocycles. The molecule has 0 heterocycles. The van der Waals surface area contributed by atoms with E-state index < -0.39 is 0 Å². The minimum atomic E-state index is -0.0382. The lowest BCUT2D eigenvalue weighted by Crippen LogP contribution is -2.21. The molecule has 2 nitrogen and oxygen atoms in total. The molecule has 0 saturated heterocycles. The number of rotatable bonds is 0. The van der Waals surface area contributed by atoms with Gasteiger partial charge in [-0.3, -0.25) is 4.79 Å². The van der Waals surface area contributed by atoms with Crippen LogP contribution in [0.4, 0.5) is 0 Å². The Labute approximate surface area is 60.4 Å². The summed E-state index contributed by atoms with van der Waals surface area (Å²) in [5, 5.41) is 0. The van der Waals surface area contributed by atoms with Crippen LogP contribution in [0.15, 0.2) is 23.4 Å². The molecule has 0 amide bonds. The second kappa shape index (κ2) is 2.29. The highest BCUT2D eigenvalue weighted by molar-refractivity contribution is 5.99. The summed E-state index contributed by atoms with van der Waals surface area (Å²) in [6.45, 7) is 3.69. The highest BCUT2D eigenvalue weighted by atomic mass is 16.1. The van der Waals surface area contributed by atoms with Crippen LogP contribution in [0, 0.1) is 5.92 Å². The number of ketones is 1. The minimum Gasteiger partial charge on any atom is -0.396 e. The molecule has 1 unspecified atom stereocenters. The predicted octanol–water partition coefficient (Wildman–Crippen LogP) is 0.994. The molecule has 1 aliphatic rings. The molecular weight excluding hydrogens is 126 g/mol. The van der Waals surface area contributed by atoms with E-state index >= 15 is 0 Å². The van der Waals surface area contributed by atoms with Gasteiger partial charge >= 0.3 is 0 Å². The van der Waals surface area contributed by atoms with E-state index in [1.807, 2.05) is 26.0 Å². The molecule has 0 aromatic heterocycles. The van der Waals surface area contributed by atoms with Crippen LogP contribution in [-0.4, -0.2) is 5.78 Å². The number of allylic oxidation sites excluding steroid dienone is 4. The fourth-order valence-electron chi connectivity index (χ4n) is 0.905. The molecule has 0 aromatic rings. The predicted molar refractivity (Wildman–Crippen MR) is 40.2 cm³/mol. The van der Waals surface area contributed by atoms with Crippen molar-refractivity contribution in [2.24, 2.45) is 11.7 Å². The van der Waals surface area contributed by atoms with Gasteiger partial charge in [-0.1, -0.05) is 19.1 Å². The molecule has 54 valence electrons. The van der Waals surface area contributed by atoms with Gasteiger partial charge in [-0.15, -0.1) is 0 Å². The van der Waals surface area contributed by atoms with Crippen molar-refractivity contribution >= 4 is 5.78 Å².